The zero-order chi connectivity index (χ0) is 14.7. The Hall–Kier alpha value is -1.03. The van der Waals surface area contributed by atoms with Gasteiger partial charge in [0.05, 0.1) is 16.5 Å². The van der Waals surface area contributed by atoms with Crippen LogP contribution in [0, 0.1) is 11.6 Å². The molecule has 0 fully saturated rings. The molecule has 0 aliphatic rings. The molecular formula is C14H9Cl3F2O. The van der Waals surface area contributed by atoms with E-state index >= 15 is 0 Å². The van der Waals surface area contributed by atoms with Crippen LogP contribution < -0.4 is 4.74 Å². The monoisotopic (exact) mass is 336 g/mol. The zero-order valence-corrected chi connectivity index (χ0v) is 12.4. The summed E-state index contributed by atoms with van der Waals surface area (Å²) in [5.41, 5.74) is 0.389. The van der Waals surface area contributed by atoms with Crippen molar-refractivity contribution in [1.29, 1.82) is 0 Å². The molecule has 0 aliphatic heterocycles. The molecule has 0 atom stereocenters. The van der Waals surface area contributed by atoms with Gasteiger partial charge in [-0.25, -0.2) is 8.78 Å². The number of halogens is 5. The summed E-state index contributed by atoms with van der Waals surface area (Å²) in [5.74, 6) is -0.964. The van der Waals surface area contributed by atoms with Gasteiger partial charge in [-0.3, -0.25) is 0 Å². The Morgan fingerprint density at radius 2 is 1.70 bits per heavy atom. The van der Waals surface area contributed by atoms with Crippen molar-refractivity contribution >= 4 is 34.8 Å². The summed E-state index contributed by atoms with van der Waals surface area (Å²) >= 11 is 17.6. The molecule has 0 amide bonds. The van der Waals surface area contributed by atoms with E-state index in [2.05, 4.69) is 0 Å². The van der Waals surface area contributed by atoms with E-state index in [0.717, 1.165) is 12.1 Å². The van der Waals surface area contributed by atoms with Gasteiger partial charge in [-0.2, -0.15) is 0 Å². The Morgan fingerprint density at radius 1 is 1.05 bits per heavy atom. The van der Waals surface area contributed by atoms with E-state index in [-0.39, 0.29) is 28.8 Å². The molecule has 0 heterocycles. The smallest absolute Gasteiger partial charge is 0.142 e. The minimum Gasteiger partial charge on any atom is -0.487 e. The normalized spacial score (nSPS) is 10.7. The summed E-state index contributed by atoms with van der Waals surface area (Å²) in [7, 11) is 0. The summed E-state index contributed by atoms with van der Waals surface area (Å²) in [6.45, 7) is -0.288. The van der Waals surface area contributed by atoms with E-state index in [1.807, 2.05) is 0 Å². The first-order valence-corrected chi connectivity index (χ1v) is 6.91. The maximum atomic E-state index is 13.5. The third-order valence-electron chi connectivity index (χ3n) is 2.65. The van der Waals surface area contributed by atoms with E-state index in [1.165, 1.54) is 12.1 Å². The molecule has 0 radical (unpaired) electrons. The molecule has 0 N–H and O–H groups in total. The van der Waals surface area contributed by atoms with Crippen LogP contribution in [0.1, 0.15) is 11.1 Å². The van der Waals surface area contributed by atoms with Crippen molar-refractivity contribution in [2.24, 2.45) is 0 Å². The molecule has 2 aromatic rings. The standard InChI is InChI=1S/C14H9Cl3F2O/c15-6-8-4-9(16)5-11(17)14(8)20-7-10-12(18)2-1-3-13(10)19/h1-5H,6-7H2. The number of rotatable bonds is 4. The lowest BCUT2D eigenvalue weighted by molar-refractivity contribution is 0.290. The van der Waals surface area contributed by atoms with Crippen molar-refractivity contribution in [3.05, 3.63) is 63.1 Å². The largest absolute Gasteiger partial charge is 0.487 e. The van der Waals surface area contributed by atoms with E-state index in [4.69, 9.17) is 39.5 Å². The second kappa shape index (κ2) is 6.61. The summed E-state index contributed by atoms with van der Waals surface area (Å²) in [6.07, 6.45) is 0. The molecule has 0 aliphatic carbocycles. The Bertz CT molecular complexity index is 612. The third kappa shape index (κ3) is 3.35. The number of benzene rings is 2. The third-order valence-corrected chi connectivity index (χ3v) is 3.44. The van der Waals surface area contributed by atoms with Gasteiger partial charge >= 0.3 is 0 Å². The Morgan fingerprint density at radius 3 is 2.30 bits per heavy atom. The Kier molecular flexibility index (Phi) is 5.08. The van der Waals surface area contributed by atoms with Crippen LogP contribution in [0.3, 0.4) is 0 Å². The fourth-order valence-electron chi connectivity index (χ4n) is 1.69. The Labute approximate surface area is 130 Å². The van der Waals surface area contributed by atoms with Gasteiger partial charge in [0, 0.05) is 10.6 Å². The van der Waals surface area contributed by atoms with Crippen LogP contribution in [0.2, 0.25) is 10.0 Å². The topological polar surface area (TPSA) is 9.23 Å². The maximum absolute atomic E-state index is 13.5. The fraction of sp³-hybridized carbons (Fsp3) is 0.143. The zero-order valence-electron chi connectivity index (χ0n) is 10.1. The second-order valence-electron chi connectivity index (χ2n) is 4.00. The van der Waals surface area contributed by atoms with Gasteiger partial charge in [-0.1, -0.05) is 29.3 Å². The van der Waals surface area contributed by atoms with Gasteiger partial charge in [0.25, 0.3) is 0 Å². The lowest BCUT2D eigenvalue weighted by Gasteiger charge is -2.13. The average molecular weight is 338 g/mol. The predicted molar refractivity (Wildman–Crippen MR) is 76.7 cm³/mol. The fourth-order valence-corrected chi connectivity index (χ4v) is 2.48. The summed E-state index contributed by atoms with van der Waals surface area (Å²) in [4.78, 5) is 0. The van der Waals surface area contributed by atoms with Crippen molar-refractivity contribution < 1.29 is 13.5 Å². The van der Waals surface area contributed by atoms with Crippen molar-refractivity contribution in [2.75, 3.05) is 0 Å². The van der Waals surface area contributed by atoms with Gasteiger partial charge in [-0.15, -0.1) is 11.6 Å². The van der Waals surface area contributed by atoms with Crippen molar-refractivity contribution in [1.82, 2.24) is 0 Å². The molecular weight excluding hydrogens is 329 g/mol. The highest BCUT2D eigenvalue weighted by Gasteiger charge is 2.13. The van der Waals surface area contributed by atoms with Crippen LogP contribution in [-0.2, 0) is 12.5 Å². The lowest BCUT2D eigenvalue weighted by atomic mass is 10.2. The molecule has 6 heteroatoms. The van der Waals surface area contributed by atoms with Crippen LogP contribution in [0.25, 0.3) is 0 Å². The maximum Gasteiger partial charge on any atom is 0.142 e. The minimum absolute atomic E-state index is 0.120. The van der Waals surface area contributed by atoms with E-state index in [0.29, 0.717) is 10.6 Å². The molecule has 20 heavy (non-hydrogen) atoms. The van der Waals surface area contributed by atoms with Gasteiger partial charge in [-0.05, 0) is 24.3 Å². The molecule has 2 rings (SSSR count). The lowest BCUT2D eigenvalue weighted by Crippen LogP contribution is -2.03. The molecule has 0 saturated heterocycles. The number of hydrogen-bond acceptors (Lipinski definition) is 1. The number of alkyl halides is 1. The van der Waals surface area contributed by atoms with Gasteiger partial charge in [0.1, 0.15) is 24.0 Å². The molecule has 0 aromatic heterocycles. The first-order chi connectivity index (χ1) is 9.52. The second-order valence-corrected chi connectivity index (χ2v) is 5.11. The van der Waals surface area contributed by atoms with Crippen LogP contribution in [0.5, 0.6) is 5.75 Å². The molecule has 1 nitrogen and oxygen atoms in total. The molecule has 0 spiro atoms. The molecule has 2 aromatic carbocycles. The predicted octanol–water partition coefficient (Wildman–Crippen LogP) is 5.59. The first kappa shape index (κ1) is 15.4. The van der Waals surface area contributed by atoms with Gasteiger partial charge in [0.2, 0.25) is 0 Å². The van der Waals surface area contributed by atoms with Crippen LogP contribution >= 0.6 is 34.8 Å². The van der Waals surface area contributed by atoms with Crippen molar-refractivity contribution in [2.45, 2.75) is 12.5 Å². The van der Waals surface area contributed by atoms with Gasteiger partial charge < -0.3 is 4.74 Å². The number of hydrogen-bond donors (Lipinski definition) is 0. The molecule has 106 valence electrons. The molecule has 0 bridgehead atoms. The minimum atomic E-state index is -0.678. The van der Waals surface area contributed by atoms with Crippen molar-refractivity contribution in [3.8, 4) is 5.75 Å². The first-order valence-electron chi connectivity index (χ1n) is 5.62. The van der Waals surface area contributed by atoms with Crippen LogP contribution in [-0.4, -0.2) is 0 Å². The highest BCUT2D eigenvalue weighted by Crippen LogP contribution is 2.34. The van der Waals surface area contributed by atoms with E-state index in [1.54, 1.807) is 6.07 Å². The average Bonchev–Trinajstić information content (AvgIpc) is 2.39. The van der Waals surface area contributed by atoms with E-state index in [9.17, 15) is 8.78 Å². The number of ether oxygens (including phenoxy) is 1. The SMILES string of the molecule is Fc1cccc(F)c1COc1c(Cl)cc(Cl)cc1CCl. The highest BCUT2D eigenvalue weighted by molar-refractivity contribution is 6.36. The quantitative estimate of drug-likeness (QED) is 0.661. The van der Waals surface area contributed by atoms with Crippen molar-refractivity contribution in [3.63, 3.8) is 0 Å². The van der Waals surface area contributed by atoms with E-state index < -0.39 is 11.6 Å². The van der Waals surface area contributed by atoms with Crippen LogP contribution in [0.15, 0.2) is 30.3 Å². The summed E-state index contributed by atoms with van der Waals surface area (Å²) in [6, 6.07) is 6.68. The van der Waals surface area contributed by atoms with Crippen LogP contribution in [0.4, 0.5) is 8.78 Å². The summed E-state index contributed by atoms with van der Waals surface area (Å²) in [5, 5.41) is 0.653. The molecule has 0 unspecified atom stereocenters. The van der Waals surface area contributed by atoms with Gasteiger partial charge in [0.15, 0.2) is 0 Å². The Balaban J connectivity index is 2.27. The highest BCUT2D eigenvalue weighted by atomic mass is 35.5. The molecule has 0 saturated carbocycles. The summed E-state index contributed by atoms with van der Waals surface area (Å²) < 4.78 is 32.4.